The molecule has 0 spiro atoms. The van der Waals surface area contributed by atoms with Crippen molar-refractivity contribution in [2.45, 2.75) is 52.0 Å². The Morgan fingerprint density at radius 2 is 2.05 bits per heavy atom. The van der Waals surface area contributed by atoms with Crippen molar-refractivity contribution in [3.63, 3.8) is 0 Å². The number of aryl methyl sites for hydroxylation is 1. The number of benzene rings is 1. The van der Waals surface area contributed by atoms with Gasteiger partial charge in [0.05, 0.1) is 6.61 Å². The molecule has 1 N–H and O–H groups in total. The molecule has 2 heteroatoms. The van der Waals surface area contributed by atoms with E-state index in [2.05, 4.69) is 43.4 Å². The number of para-hydroxylation sites is 1. The van der Waals surface area contributed by atoms with Gasteiger partial charge < -0.3 is 10.1 Å². The second kappa shape index (κ2) is 7.54. The Bertz CT molecular complexity index is 377. The second-order valence-electron chi connectivity index (χ2n) is 5.45. The standard InChI is InChI=1S/C17H27NO/c1-3-14-8-5-6-11-17(14)19-13-12-15-9-7-10-16(15)18-4-2/h5-6,8,11,15-16,18H,3-4,7,9-10,12-13H2,1-2H3. The van der Waals surface area contributed by atoms with Crippen LogP contribution in [0, 0.1) is 5.92 Å². The van der Waals surface area contributed by atoms with Gasteiger partial charge in [-0.3, -0.25) is 0 Å². The highest BCUT2D eigenvalue weighted by atomic mass is 16.5. The first-order valence-corrected chi connectivity index (χ1v) is 7.79. The smallest absolute Gasteiger partial charge is 0.122 e. The minimum atomic E-state index is 0.718. The number of nitrogens with one attached hydrogen (secondary N) is 1. The van der Waals surface area contributed by atoms with Crippen LogP contribution in [0.15, 0.2) is 24.3 Å². The van der Waals surface area contributed by atoms with Crippen molar-refractivity contribution >= 4 is 0 Å². The molecule has 1 aliphatic carbocycles. The highest BCUT2D eigenvalue weighted by Gasteiger charge is 2.25. The molecule has 0 aliphatic heterocycles. The fourth-order valence-corrected chi connectivity index (χ4v) is 3.17. The van der Waals surface area contributed by atoms with Crippen LogP contribution in [0.5, 0.6) is 5.75 Å². The summed E-state index contributed by atoms with van der Waals surface area (Å²) in [5.41, 5.74) is 1.32. The maximum Gasteiger partial charge on any atom is 0.122 e. The predicted octanol–water partition coefficient (Wildman–Crippen LogP) is 3.80. The minimum Gasteiger partial charge on any atom is -0.493 e. The molecule has 1 aromatic rings. The molecule has 1 fully saturated rings. The van der Waals surface area contributed by atoms with E-state index in [1.54, 1.807) is 0 Å². The van der Waals surface area contributed by atoms with Crippen molar-refractivity contribution in [3.05, 3.63) is 29.8 Å². The maximum absolute atomic E-state index is 5.99. The minimum absolute atomic E-state index is 0.718. The van der Waals surface area contributed by atoms with E-state index in [1.807, 2.05) is 0 Å². The molecule has 0 bridgehead atoms. The molecule has 1 aliphatic rings. The molecule has 106 valence electrons. The first-order valence-electron chi connectivity index (χ1n) is 7.79. The lowest BCUT2D eigenvalue weighted by Crippen LogP contribution is -2.32. The molecule has 2 atom stereocenters. The van der Waals surface area contributed by atoms with Gasteiger partial charge in [0.2, 0.25) is 0 Å². The van der Waals surface area contributed by atoms with Gasteiger partial charge in [-0.25, -0.2) is 0 Å². The molecular formula is C17H27NO. The van der Waals surface area contributed by atoms with Gasteiger partial charge in [0.15, 0.2) is 0 Å². The van der Waals surface area contributed by atoms with Crippen LogP contribution in [0.4, 0.5) is 0 Å². The summed E-state index contributed by atoms with van der Waals surface area (Å²) >= 11 is 0. The first kappa shape index (κ1) is 14.4. The van der Waals surface area contributed by atoms with Crippen LogP contribution in [0.3, 0.4) is 0 Å². The normalized spacial score (nSPS) is 22.6. The SMILES string of the molecule is CCNC1CCCC1CCOc1ccccc1CC. The van der Waals surface area contributed by atoms with Crippen LogP contribution in [0.25, 0.3) is 0 Å². The fourth-order valence-electron chi connectivity index (χ4n) is 3.17. The maximum atomic E-state index is 5.99. The van der Waals surface area contributed by atoms with Crippen molar-refractivity contribution in [1.29, 1.82) is 0 Å². The molecule has 0 saturated heterocycles. The molecule has 2 rings (SSSR count). The summed E-state index contributed by atoms with van der Waals surface area (Å²) in [5.74, 6) is 1.87. The first-order chi connectivity index (χ1) is 9.35. The highest BCUT2D eigenvalue weighted by molar-refractivity contribution is 5.33. The summed E-state index contributed by atoms with van der Waals surface area (Å²) in [4.78, 5) is 0. The quantitative estimate of drug-likeness (QED) is 0.806. The van der Waals surface area contributed by atoms with E-state index in [0.29, 0.717) is 0 Å². The molecule has 0 aromatic heterocycles. The third-order valence-corrected chi connectivity index (χ3v) is 4.23. The monoisotopic (exact) mass is 261 g/mol. The van der Waals surface area contributed by atoms with Gasteiger partial charge in [0, 0.05) is 6.04 Å². The zero-order valence-corrected chi connectivity index (χ0v) is 12.3. The van der Waals surface area contributed by atoms with Crippen LogP contribution in [0.1, 0.15) is 45.1 Å². The Labute approximate surface area is 117 Å². The molecule has 0 amide bonds. The molecule has 1 saturated carbocycles. The van der Waals surface area contributed by atoms with Crippen LogP contribution < -0.4 is 10.1 Å². The largest absolute Gasteiger partial charge is 0.493 e. The van der Waals surface area contributed by atoms with Crippen LogP contribution in [-0.2, 0) is 6.42 Å². The predicted molar refractivity (Wildman–Crippen MR) is 80.7 cm³/mol. The van der Waals surface area contributed by atoms with E-state index in [-0.39, 0.29) is 0 Å². The second-order valence-corrected chi connectivity index (χ2v) is 5.45. The van der Waals surface area contributed by atoms with Gasteiger partial charge in [-0.15, -0.1) is 0 Å². The van der Waals surface area contributed by atoms with Crippen molar-refractivity contribution in [3.8, 4) is 5.75 Å². The molecule has 1 aromatic carbocycles. The lowest BCUT2D eigenvalue weighted by Gasteiger charge is -2.20. The van der Waals surface area contributed by atoms with Crippen molar-refractivity contribution < 1.29 is 4.74 Å². The van der Waals surface area contributed by atoms with E-state index in [9.17, 15) is 0 Å². The van der Waals surface area contributed by atoms with Crippen LogP contribution in [0.2, 0.25) is 0 Å². The molecule has 2 nitrogen and oxygen atoms in total. The number of hydrogen-bond donors (Lipinski definition) is 1. The van der Waals surface area contributed by atoms with Crippen LogP contribution in [-0.4, -0.2) is 19.2 Å². The molecule has 19 heavy (non-hydrogen) atoms. The van der Waals surface area contributed by atoms with Gasteiger partial charge >= 0.3 is 0 Å². The summed E-state index contributed by atoms with van der Waals surface area (Å²) in [6.07, 6.45) is 6.28. The average molecular weight is 261 g/mol. The van der Waals surface area contributed by atoms with Gasteiger partial charge in [0.25, 0.3) is 0 Å². The number of ether oxygens (including phenoxy) is 1. The molecule has 2 unspecified atom stereocenters. The third-order valence-electron chi connectivity index (χ3n) is 4.23. The Hall–Kier alpha value is -1.02. The lowest BCUT2D eigenvalue weighted by atomic mass is 10.00. The Balaban J connectivity index is 1.79. The van der Waals surface area contributed by atoms with Gasteiger partial charge in [-0.2, -0.15) is 0 Å². The Morgan fingerprint density at radius 3 is 2.84 bits per heavy atom. The van der Waals surface area contributed by atoms with Crippen molar-refractivity contribution in [2.24, 2.45) is 5.92 Å². The summed E-state index contributed by atoms with van der Waals surface area (Å²) < 4.78 is 5.99. The lowest BCUT2D eigenvalue weighted by molar-refractivity contribution is 0.259. The average Bonchev–Trinajstić information content (AvgIpc) is 2.87. The number of hydrogen-bond acceptors (Lipinski definition) is 2. The van der Waals surface area contributed by atoms with Crippen molar-refractivity contribution in [2.75, 3.05) is 13.2 Å². The third kappa shape index (κ3) is 3.97. The number of rotatable bonds is 7. The molecular weight excluding hydrogens is 234 g/mol. The van der Waals surface area contributed by atoms with Gasteiger partial charge in [0.1, 0.15) is 5.75 Å². The van der Waals surface area contributed by atoms with E-state index >= 15 is 0 Å². The molecule has 0 radical (unpaired) electrons. The highest BCUT2D eigenvalue weighted by Crippen LogP contribution is 2.29. The zero-order chi connectivity index (χ0) is 13.5. The summed E-state index contributed by atoms with van der Waals surface area (Å²) in [5, 5.41) is 3.61. The topological polar surface area (TPSA) is 21.3 Å². The summed E-state index contributed by atoms with van der Waals surface area (Å²) in [6, 6.07) is 9.12. The molecule has 0 heterocycles. The summed E-state index contributed by atoms with van der Waals surface area (Å²) in [6.45, 7) is 6.31. The van der Waals surface area contributed by atoms with Crippen molar-refractivity contribution in [1.82, 2.24) is 5.32 Å². The van der Waals surface area contributed by atoms with E-state index in [0.717, 1.165) is 37.3 Å². The van der Waals surface area contributed by atoms with Gasteiger partial charge in [-0.1, -0.05) is 38.5 Å². The summed E-state index contributed by atoms with van der Waals surface area (Å²) in [7, 11) is 0. The Morgan fingerprint density at radius 1 is 1.21 bits per heavy atom. The van der Waals surface area contributed by atoms with E-state index < -0.39 is 0 Å². The fraction of sp³-hybridized carbons (Fsp3) is 0.647. The Kier molecular flexibility index (Phi) is 5.71. The van der Waals surface area contributed by atoms with E-state index in [1.165, 1.54) is 31.2 Å². The van der Waals surface area contributed by atoms with E-state index in [4.69, 9.17) is 4.74 Å². The zero-order valence-electron chi connectivity index (χ0n) is 12.3. The van der Waals surface area contributed by atoms with Crippen LogP contribution >= 0.6 is 0 Å². The van der Waals surface area contributed by atoms with Gasteiger partial charge in [-0.05, 0) is 49.8 Å².